The predicted octanol–water partition coefficient (Wildman–Crippen LogP) is 3.67. The molecule has 1 nitrogen and oxygen atoms in total. The van der Waals surface area contributed by atoms with Crippen molar-refractivity contribution < 1.29 is 13.9 Å². The monoisotopic (exact) mass is 222 g/mol. The fraction of sp³-hybridized carbons (Fsp3) is 0.0769. The maximum Gasteiger partial charge on any atom is 0.126 e. The van der Waals surface area contributed by atoms with Gasteiger partial charge in [0, 0.05) is 6.07 Å². The standard InChI is InChI=1S/C7H8O.C6H4F2/c1-6-2-4-7(8)5-3-6;7-5-2-1-3-6(8)4-5/h2-5,8H,1H3;1-4H. The molecule has 0 aliphatic carbocycles. The Kier molecular flexibility index (Phi) is 4.45. The van der Waals surface area contributed by atoms with E-state index in [1.807, 2.05) is 19.1 Å². The molecule has 0 saturated heterocycles. The molecular formula is C13H12F2O. The Hall–Kier alpha value is -1.90. The van der Waals surface area contributed by atoms with Crippen LogP contribution in [0.5, 0.6) is 5.75 Å². The number of aromatic hydroxyl groups is 1. The van der Waals surface area contributed by atoms with Gasteiger partial charge in [0.1, 0.15) is 17.4 Å². The van der Waals surface area contributed by atoms with Gasteiger partial charge in [0.2, 0.25) is 0 Å². The van der Waals surface area contributed by atoms with E-state index in [0.717, 1.165) is 6.07 Å². The lowest BCUT2D eigenvalue weighted by molar-refractivity contribution is 0.475. The van der Waals surface area contributed by atoms with E-state index in [2.05, 4.69) is 0 Å². The zero-order valence-electron chi connectivity index (χ0n) is 8.82. The number of halogens is 2. The van der Waals surface area contributed by atoms with Gasteiger partial charge in [-0.1, -0.05) is 23.8 Å². The Morgan fingerprint density at radius 3 is 1.69 bits per heavy atom. The molecule has 2 aromatic carbocycles. The van der Waals surface area contributed by atoms with Crippen molar-refractivity contribution in [2.75, 3.05) is 0 Å². The van der Waals surface area contributed by atoms with E-state index >= 15 is 0 Å². The lowest BCUT2D eigenvalue weighted by atomic mass is 10.2. The van der Waals surface area contributed by atoms with Crippen molar-refractivity contribution in [1.29, 1.82) is 0 Å². The number of rotatable bonds is 0. The van der Waals surface area contributed by atoms with Gasteiger partial charge in [-0.05, 0) is 31.2 Å². The summed E-state index contributed by atoms with van der Waals surface area (Å²) in [7, 11) is 0. The van der Waals surface area contributed by atoms with E-state index < -0.39 is 11.6 Å². The number of phenolic OH excluding ortho intramolecular Hbond substituents is 1. The van der Waals surface area contributed by atoms with Gasteiger partial charge >= 0.3 is 0 Å². The maximum atomic E-state index is 11.9. The summed E-state index contributed by atoms with van der Waals surface area (Å²) >= 11 is 0. The second kappa shape index (κ2) is 5.85. The van der Waals surface area contributed by atoms with Crippen LogP contribution in [0, 0.1) is 18.6 Å². The third kappa shape index (κ3) is 4.55. The van der Waals surface area contributed by atoms with Gasteiger partial charge < -0.3 is 5.11 Å². The molecule has 0 radical (unpaired) electrons. The molecule has 16 heavy (non-hydrogen) atoms. The topological polar surface area (TPSA) is 20.2 Å². The number of benzene rings is 2. The largest absolute Gasteiger partial charge is 0.508 e. The molecule has 0 unspecified atom stereocenters. The van der Waals surface area contributed by atoms with Gasteiger partial charge in [-0.25, -0.2) is 8.78 Å². The van der Waals surface area contributed by atoms with E-state index in [1.165, 1.54) is 23.8 Å². The molecule has 0 atom stereocenters. The Morgan fingerprint density at radius 2 is 1.38 bits per heavy atom. The first-order valence-corrected chi connectivity index (χ1v) is 4.74. The van der Waals surface area contributed by atoms with E-state index in [9.17, 15) is 8.78 Å². The van der Waals surface area contributed by atoms with Crippen LogP contribution in [-0.4, -0.2) is 5.11 Å². The molecule has 0 aliphatic heterocycles. The normalized spacial score (nSPS) is 9.19. The predicted molar refractivity (Wildman–Crippen MR) is 59.2 cm³/mol. The number of aryl methyl sites for hydroxylation is 1. The van der Waals surface area contributed by atoms with Gasteiger partial charge in [-0.2, -0.15) is 0 Å². The first-order valence-electron chi connectivity index (χ1n) is 4.74. The number of hydrogen-bond acceptors (Lipinski definition) is 1. The molecule has 84 valence electrons. The van der Waals surface area contributed by atoms with Crippen molar-refractivity contribution in [2.45, 2.75) is 6.92 Å². The van der Waals surface area contributed by atoms with Gasteiger partial charge in [-0.15, -0.1) is 0 Å². The Morgan fingerprint density at radius 1 is 0.875 bits per heavy atom. The minimum absolute atomic E-state index is 0.329. The third-order valence-corrected chi connectivity index (χ3v) is 1.82. The molecular weight excluding hydrogens is 210 g/mol. The summed E-state index contributed by atoms with van der Waals surface area (Å²) in [6.07, 6.45) is 0. The average Bonchev–Trinajstić information content (AvgIpc) is 2.23. The van der Waals surface area contributed by atoms with Gasteiger partial charge in [0.15, 0.2) is 0 Å². The molecule has 0 fully saturated rings. The van der Waals surface area contributed by atoms with Gasteiger partial charge in [0.05, 0.1) is 0 Å². The highest BCUT2D eigenvalue weighted by atomic mass is 19.1. The van der Waals surface area contributed by atoms with Crippen LogP contribution in [0.4, 0.5) is 8.78 Å². The molecule has 3 heteroatoms. The fourth-order valence-electron chi connectivity index (χ4n) is 1.00. The minimum atomic E-state index is -0.537. The number of phenols is 1. The summed E-state index contributed by atoms with van der Waals surface area (Å²) in [6.45, 7) is 1.99. The highest BCUT2D eigenvalue weighted by molar-refractivity contribution is 5.24. The van der Waals surface area contributed by atoms with Crippen molar-refractivity contribution in [3.63, 3.8) is 0 Å². The van der Waals surface area contributed by atoms with Gasteiger partial charge in [0.25, 0.3) is 0 Å². The second-order valence-corrected chi connectivity index (χ2v) is 3.28. The van der Waals surface area contributed by atoms with Crippen molar-refractivity contribution in [3.05, 3.63) is 65.7 Å². The van der Waals surface area contributed by atoms with Crippen LogP contribution in [0.2, 0.25) is 0 Å². The molecule has 0 amide bonds. The summed E-state index contributed by atoms with van der Waals surface area (Å²) in [5.41, 5.74) is 1.17. The Balaban J connectivity index is 0.000000160. The van der Waals surface area contributed by atoms with Crippen LogP contribution in [0.15, 0.2) is 48.5 Å². The maximum absolute atomic E-state index is 11.9. The second-order valence-electron chi connectivity index (χ2n) is 3.28. The van der Waals surface area contributed by atoms with E-state index in [-0.39, 0.29) is 0 Å². The van der Waals surface area contributed by atoms with Gasteiger partial charge in [-0.3, -0.25) is 0 Å². The lowest BCUT2D eigenvalue weighted by Crippen LogP contribution is -1.73. The van der Waals surface area contributed by atoms with Crippen molar-refractivity contribution in [3.8, 4) is 5.75 Å². The molecule has 0 aliphatic rings. The molecule has 0 aromatic heterocycles. The lowest BCUT2D eigenvalue weighted by Gasteiger charge is -1.89. The van der Waals surface area contributed by atoms with Crippen molar-refractivity contribution in [2.24, 2.45) is 0 Å². The molecule has 0 bridgehead atoms. The highest BCUT2D eigenvalue weighted by Gasteiger charge is 1.88. The van der Waals surface area contributed by atoms with Crippen molar-refractivity contribution in [1.82, 2.24) is 0 Å². The first-order chi connectivity index (χ1) is 7.58. The van der Waals surface area contributed by atoms with E-state index in [4.69, 9.17) is 5.11 Å². The summed E-state index contributed by atoms with van der Waals surface area (Å²) < 4.78 is 23.9. The smallest absolute Gasteiger partial charge is 0.126 e. The molecule has 2 aromatic rings. The molecule has 0 spiro atoms. The summed E-state index contributed by atoms with van der Waals surface area (Å²) in [6, 6.07) is 11.6. The molecule has 0 heterocycles. The van der Waals surface area contributed by atoms with E-state index in [1.54, 1.807) is 12.1 Å². The molecule has 1 N–H and O–H groups in total. The SMILES string of the molecule is Cc1ccc(O)cc1.Fc1cccc(F)c1. The zero-order chi connectivity index (χ0) is 12.0. The Bertz CT molecular complexity index is 400. The molecule has 0 saturated carbocycles. The summed E-state index contributed by atoms with van der Waals surface area (Å²) in [5.74, 6) is -0.745. The Labute approximate surface area is 93.0 Å². The van der Waals surface area contributed by atoms with Crippen LogP contribution >= 0.6 is 0 Å². The van der Waals surface area contributed by atoms with Crippen LogP contribution in [0.1, 0.15) is 5.56 Å². The van der Waals surface area contributed by atoms with Crippen molar-refractivity contribution >= 4 is 0 Å². The molecule has 2 rings (SSSR count). The highest BCUT2D eigenvalue weighted by Crippen LogP contribution is 2.07. The average molecular weight is 222 g/mol. The zero-order valence-corrected chi connectivity index (χ0v) is 8.82. The third-order valence-electron chi connectivity index (χ3n) is 1.82. The van der Waals surface area contributed by atoms with Crippen LogP contribution in [0.3, 0.4) is 0 Å². The van der Waals surface area contributed by atoms with Crippen LogP contribution in [0.25, 0.3) is 0 Å². The minimum Gasteiger partial charge on any atom is -0.508 e. The van der Waals surface area contributed by atoms with Crippen LogP contribution in [-0.2, 0) is 0 Å². The summed E-state index contributed by atoms with van der Waals surface area (Å²) in [4.78, 5) is 0. The fourth-order valence-corrected chi connectivity index (χ4v) is 1.00. The first kappa shape index (κ1) is 12.2. The number of hydrogen-bond donors (Lipinski definition) is 1. The summed E-state index contributed by atoms with van der Waals surface area (Å²) in [5, 5.41) is 8.76. The van der Waals surface area contributed by atoms with E-state index in [0.29, 0.717) is 5.75 Å². The van der Waals surface area contributed by atoms with Crippen LogP contribution < -0.4 is 0 Å². The quantitative estimate of drug-likeness (QED) is 0.721.